The van der Waals surface area contributed by atoms with E-state index in [2.05, 4.69) is 0 Å². The van der Waals surface area contributed by atoms with Crippen molar-refractivity contribution >= 4 is 7.82 Å². The molecule has 0 fully saturated rings. The molecule has 0 aromatic heterocycles. The fourth-order valence-corrected chi connectivity index (χ4v) is 1.96. The molecule has 0 aromatic rings. The molecule has 0 rings (SSSR count). The first-order valence-corrected chi connectivity index (χ1v) is 11.7. The van der Waals surface area contributed by atoms with E-state index in [-0.39, 0.29) is 39.6 Å². The summed E-state index contributed by atoms with van der Waals surface area (Å²) in [7, 11) is 6.48. The molecule has 0 heterocycles. The smallest absolute Gasteiger partial charge is 0.102 e. The van der Waals surface area contributed by atoms with E-state index in [1.54, 1.807) is 0 Å². The number of hydrogen-bond donors (Lipinski definition) is 6. The monoisotopic (exact) mass is 497 g/mol. The lowest BCUT2D eigenvalue weighted by Gasteiger charge is -2.36. The number of nitrogens with zero attached hydrogens (tertiary/aromatic N) is 3. The van der Waals surface area contributed by atoms with Gasteiger partial charge in [0, 0.05) is 0 Å². The van der Waals surface area contributed by atoms with Crippen LogP contribution in [0.4, 0.5) is 0 Å². The van der Waals surface area contributed by atoms with Crippen LogP contribution < -0.4 is 14.7 Å². The molecule has 0 atom stereocenters. The first-order valence-electron chi connectivity index (χ1n) is 10.2. The summed E-state index contributed by atoms with van der Waals surface area (Å²) >= 11 is 0. The van der Waals surface area contributed by atoms with Gasteiger partial charge in [0.05, 0.1) is 81.9 Å². The van der Waals surface area contributed by atoms with Gasteiger partial charge in [0.15, 0.2) is 0 Å². The van der Waals surface area contributed by atoms with Gasteiger partial charge in [0.25, 0.3) is 0 Å². The molecule has 0 unspecified atom stereocenters. The fourth-order valence-electron chi connectivity index (χ4n) is 1.96. The van der Waals surface area contributed by atoms with E-state index in [0.29, 0.717) is 52.7 Å². The molecule has 13 nitrogen and oxygen atoms in total. The van der Waals surface area contributed by atoms with Crippen LogP contribution in [0.25, 0.3) is 0 Å². The molecule has 0 aliphatic carbocycles. The number of aliphatic hydroxyl groups excluding tert-OH is 6. The molecule has 6 N–H and O–H groups in total. The third-order valence-electron chi connectivity index (χ3n) is 4.23. The quantitative estimate of drug-likeness (QED) is 0.111. The Labute approximate surface area is 193 Å². The SMILES string of the molecule is C[N+](C)(CCO)CCO.C[N+](C)(CCO)CCO.C[N+](C)(CCO)CCO.O=P([O-])([O-])[O-]. The van der Waals surface area contributed by atoms with Crippen molar-refractivity contribution in [3.63, 3.8) is 0 Å². The highest BCUT2D eigenvalue weighted by Crippen LogP contribution is 2.03. The average molecular weight is 498 g/mol. The van der Waals surface area contributed by atoms with Crippen LogP contribution >= 0.6 is 7.82 Å². The minimum absolute atomic E-state index is 0.188. The van der Waals surface area contributed by atoms with Crippen molar-refractivity contribution in [2.45, 2.75) is 0 Å². The fraction of sp³-hybridized carbons (Fsp3) is 1.00. The van der Waals surface area contributed by atoms with Crippen molar-refractivity contribution in [2.75, 3.05) is 121 Å². The van der Waals surface area contributed by atoms with Crippen LogP contribution in [0.15, 0.2) is 0 Å². The molecule has 0 radical (unpaired) electrons. The topological polar surface area (TPSA) is 208 Å². The largest absolute Gasteiger partial charge is 0.822 e. The Bertz CT molecular complexity index is 369. The third kappa shape index (κ3) is 43.6. The van der Waals surface area contributed by atoms with Crippen LogP contribution in [-0.4, -0.2) is 165 Å². The molecule has 0 aliphatic rings. The highest BCUT2D eigenvalue weighted by atomic mass is 31.2. The van der Waals surface area contributed by atoms with Crippen LogP contribution in [-0.2, 0) is 4.57 Å². The third-order valence-corrected chi connectivity index (χ3v) is 4.23. The Morgan fingerprint density at radius 1 is 0.469 bits per heavy atom. The Balaban J connectivity index is -0.000000167. The van der Waals surface area contributed by atoms with E-state index < -0.39 is 7.82 Å². The van der Waals surface area contributed by atoms with Crippen LogP contribution in [0.2, 0.25) is 0 Å². The molecule has 32 heavy (non-hydrogen) atoms. The number of rotatable bonds is 12. The summed E-state index contributed by atoms with van der Waals surface area (Å²) in [5.74, 6) is 0. The average Bonchev–Trinajstić information content (AvgIpc) is 2.53. The predicted molar refractivity (Wildman–Crippen MR) is 116 cm³/mol. The number of phosphoric acid groups is 1. The zero-order valence-corrected chi connectivity index (χ0v) is 21.5. The summed E-state index contributed by atoms with van der Waals surface area (Å²) in [6.45, 7) is 5.38. The van der Waals surface area contributed by atoms with Crippen LogP contribution in [0.1, 0.15) is 0 Å². The highest BCUT2D eigenvalue weighted by Gasteiger charge is 2.12. The molecule has 0 bridgehead atoms. The second-order valence-corrected chi connectivity index (χ2v) is 9.83. The maximum absolute atomic E-state index is 8.55. The first kappa shape index (κ1) is 39.0. The summed E-state index contributed by atoms with van der Waals surface area (Å²) in [5.41, 5.74) is 0. The van der Waals surface area contributed by atoms with Crippen molar-refractivity contribution in [3.8, 4) is 0 Å². The van der Waals surface area contributed by atoms with Crippen LogP contribution in [0, 0.1) is 0 Å². The number of quaternary nitrogens is 3. The molecule has 0 spiro atoms. The summed E-state index contributed by atoms with van der Waals surface area (Å²) in [6, 6.07) is 0. The van der Waals surface area contributed by atoms with Gasteiger partial charge >= 0.3 is 0 Å². The standard InChI is InChI=1S/3C6H16NO2.H3O4P/c3*1-7(2,3-5-8)4-6-9;1-5(2,3)4/h3*8-9H,3-6H2,1-2H3;(H3,1,2,3,4)/q3*+1;/p-3. The molecule has 200 valence electrons. The molecule has 0 saturated heterocycles. The second-order valence-electron chi connectivity index (χ2n) is 8.94. The van der Waals surface area contributed by atoms with E-state index in [0.717, 1.165) is 0 Å². The van der Waals surface area contributed by atoms with Crippen molar-refractivity contribution in [1.82, 2.24) is 0 Å². The van der Waals surface area contributed by atoms with E-state index in [9.17, 15) is 0 Å². The first-order chi connectivity index (χ1) is 14.4. The van der Waals surface area contributed by atoms with Gasteiger partial charge in [-0.25, -0.2) is 0 Å². The lowest BCUT2D eigenvalue weighted by Crippen LogP contribution is -2.43. The van der Waals surface area contributed by atoms with E-state index in [1.807, 2.05) is 42.3 Å². The number of likely N-dealkylation sites (N-methyl/N-ethyl adjacent to an activating group) is 3. The Hall–Kier alpha value is -0.250. The molecular formula is C18H48N3O10P. The minimum Gasteiger partial charge on any atom is -0.822 e. The van der Waals surface area contributed by atoms with E-state index >= 15 is 0 Å². The molecule has 0 aliphatic heterocycles. The lowest BCUT2D eigenvalue weighted by molar-refractivity contribution is -0.890. The van der Waals surface area contributed by atoms with Crippen LogP contribution in [0.3, 0.4) is 0 Å². The number of hydrogen-bond acceptors (Lipinski definition) is 10. The summed E-state index contributed by atoms with van der Waals surface area (Å²) < 4.78 is 10.6. The molecule has 0 aromatic carbocycles. The Morgan fingerprint density at radius 2 is 0.562 bits per heavy atom. The predicted octanol–water partition coefficient (Wildman–Crippen LogP) is -5.68. The van der Waals surface area contributed by atoms with Gasteiger partial charge in [0.2, 0.25) is 0 Å². The lowest BCUT2D eigenvalue weighted by atomic mass is 10.4. The van der Waals surface area contributed by atoms with E-state index in [1.165, 1.54) is 0 Å². The normalized spacial score (nSPS) is 12.0. The van der Waals surface area contributed by atoms with E-state index in [4.69, 9.17) is 49.9 Å². The maximum atomic E-state index is 8.55. The Morgan fingerprint density at radius 3 is 0.625 bits per heavy atom. The summed E-state index contributed by atoms with van der Waals surface area (Å²) in [4.78, 5) is 25.6. The van der Waals surface area contributed by atoms with Gasteiger partial charge < -0.3 is 63.3 Å². The summed E-state index contributed by atoms with van der Waals surface area (Å²) in [5, 5.41) is 51.2. The van der Waals surface area contributed by atoms with Gasteiger partial charge in [0.1, 0.15) is 39.3 Å². The van der Waals surface area contributed by atoms with Gasteiger partial charge in [-0.3, -0.25) is 0 Å². The Kier molecular flexibility index (Phi) is 25.9. The van der Waals surface area contributed by atoms with Gasteiger partial charge in [-0.15, -0.1) is 0 Å². The van der Waals surface area contributed by atoms with Crippen molar-refractivity contribution in [3.05, 3.63) is 0 Å². The molecule has 0 amide bonds. The molecular weight excluding hydrogens is 449 g/mol. The molecule has 0 saturated carbocycles. The maximum Gasteiger partial charge on any atom is 0.102 e. The van der Waals surface area contributed by atoms with Crippen LogP contribution in [0.5, 0.6) is 0 Å². The second kappa shape index (κ2) is 21.3. The molecule has 14 heteroatoms. The van der Waals surface area contributed by atoms with Crippen molar-refractivity contribution in [2.24, 2.45) is 0 Å². The van der Waals surface area contributed by atoms with Gasteiger partial charge in [-0.2, -0.15) is 7.82 Å². The van der Waals surface area contributed by atoms with Gasteiger partial charge in [-0.05, 0) is 0 Å². The summed E-state index contributed by atoms with van der Waals surface area (Å²) in [6.07, 6.45) is 0. The zero-order chi connectivity index (χ0) is 26.5. The zero-order valence-electron chi connectivity index (χ0n) is 20.6. The number of aliphatic hydroxyl groups is 6. The van der Waals surface area contributed by atoms with Crippen molar-refractivity contribution < 1.29 is 63.3 Å². The highest BCUT2D eigenvalue weighted by molar-refractivity contribution is 7.40. The van der Waals surface area contributed by atoms with Gasteiger partial charge in [-0.1, -0.05) is 0 Å². The van der Waals surface area contributed by atoms with Crippen molar-refractivity contribution in [1.29, 1.82) is 0 Å². The minimum atomic E-state index is -5.39.